The third kappa shape index (κ3) is 4.00. The van der Waals surface area contributed by atoms with Crippen LogP contribution in [0.15, 0.2) is 42.5 Å². The van der Waals surface area contributed by atoms with Crippen LogP contribution >= 0.6 is 23.2 Å². The molecule has 0 fully saturated rings. The number of benzene rings is 2. The molecule has 9 heteroatoms. The summed E-state index contributed by atoms with van der Waals surface area (Å²) < 4.78 is 24.8. The predicted molar refractivity (Wildman–Crippen MR) is 104 cm³/mol. The molecule has 0 unspecified atom stereocenters. The van der Waals surface area contributed by atoms with Crippen LogP contribution in [0.1, 0.15) is 16.1 Å². The molecular formula is C19H14Cl2FN3O3. The van der Waals surface area contributed by atoms with E-state index in [0.29, 0.717) is 0 Å². The summed E-state index contributed by atoms with van der Waals surface area (Å²) in [6.45, 7) is 0.0123. The van der Waals surface area contributed by atoms with Crippen molar-refractivity contribution in [2.75, 3.05) is 12.8 Å². The Morgan fingerprint density at radius 3 is 2.54 bits per heavy atom. The third-order valence-corrected chi connectivity index (χ3v) is 4.45. The van der Waals surface area contributed by atoms with Crippen molar-refractivity contribution < 1.29 is 18.7 Å². The van der Waals surface area contributed by atoms with Gasteiger partial charge in [0.05, 0.1) is 17.7 Å². The molecule has 0 aliphatic rings. The number of carbonyl (C=O) groups excluding carboxylic acids is 1. The number of methoxy groups -OCH3 is 1. The largest absolute Gasteiger partial charge is 0.492 e. The molecule has 144 valence electrons. The van der Waals surface area contributed by atoms with E-state index >= 15 is 0 Å². The molecule has 1 heterocycles. The Kier molecular flexibility index (Phi) is 5.96. The average molecular weight is 422 g/mol. The van der Waals surface area contributed by atoms with Gasteiger partial charge in [-0.3, -0.25) is 0 Å². The fourth-order valence-corrected chi connectivity index (χ4v) is 2.79. The van der Waals surface area contributed by atoms with E-state index in [-0.39, 0.29) is 45.3 Å². The van der Waals surface area contributed by atoms with Crippen LogP contribution in [-0.2, 0) is 11.3 Å². The van der Waals surface area contributed by atoms with Gasteiger partial charge in [0.2, 0.25) is 0 Å². The van der Waals surface area contributed by atoms with Crippen molar-refractivity contribution in [3.63, 3.8) is 0 Å². The van der Waals surface area contributed by atoms with E-state index < -0.39 is 11.8 Å². The summed E-state index contributed by atoms with van der Waals surface area (Å²) in [7, 11) is 1.28. The standard InChI is InChI=1S/C19H14Cl2FN3O3/c1-27-16-12(20)8-7-11(14(16)22)18-24-15(13(21)17(23)25-18)19(26)28-9-10-5-3-2-4-6-10/h2-8H,9H2,1H3,(H2,23,24,25). The molecule has 0 saturated carbocycles. The number of hydrogen-bond donors (Lipinski definition) is 1. The first-order valence-corrected chi connectivity index (χ1v) is 8.74. The number of nitrogens with two attached hydrogens (primary N) is 1. The van der Waals surface area contributed by atoms with Gasteiger partial charge >= 0.3 is 5.97 Å². The van der Waals surface area contributed by atoms with Crippen LogP contribution in [-0.4, -0.2) is 23.0 Å². The summed E-state index contributed by atoms with van der Waals surface area (Å²) in [4.78, 5) is 20.4. The Bertz CT molecular complexity index is 1030. The van der Waals surface area contributed by atoms with Gasteiger partial charge in [-0.1, -0.05) is 53.5 Å². The van der Waals surface area contributed by atoms with E-state index in [0.717, 1.165) is 5.56 Å². The zero-order chi connectivity index (χ0) is 20.3. The molecule has 0 saturated heterocycles. The van der Waals surface area contributed by atoms with Gasteiger partial charge in [-0.05, 0) is 17.7 Å². The molecule has 2 N–H and O–H groups in total. The van der Waals surface area contributed by atoms with Crippen LogP contribution in [0.2, 0.25) is 10.0 Å². The first kappa shape index (κ1) is 19.9. The minimum atomic E-state index is -0.814. The van der Waals surface area contributed by atoms with Gasteiger partial charge in [0, 0.05) is 0 Å². The minimum absolute atomic E-state index is 0.0123. The third-order valence-electron chi connectivity index (χ3n) is 3.78. The molecule has 0 aliphatic carbocycles. The molecule has 0 radical (unpaired) electrons. The van der Waals surface area contributed by atoms with Crippen LogP contribution in [0.4, 0.5) is 10.2 Å². The molecule has 3 rings (SSSR count). The van der Waals surface area contributed by atoms with Gasteiger partial charge in [0.25, 0.3) is 0 Å². The number of halogens is 3. The molecule has 2 aromatic carbocycles. The number of nitrogen functional groups attached to an aromatic ring is 1. The Labute approximate surface area is 170 Å². The first-order valence-electron chi connectivity index (χ1n) is 7.98. The second-order valence-electron chi connectivity index (χ2n) is 5.60. The van der Waals surface area contributed by atoms with Gasteiger partial charge in [0.15, 0.2) is 23.1 Å². The molecule has 0 amide bonds. The number of rotatable bonds is 5. The normalized spacial score (nSPS) is 10.6. The van der Waals surface area contributed by atoms with Gasteiger partial charge in [-0.15, -0.1) is 0 Å². The SMILES string of the molecule is COc1c(Cl)ccc(-c2nc(N)c(Cl)c(C(=O)OCc3ccccc3)n2)c1F. The van der Waals surface area contributed by atoms with Crippen molar-refractivity contribution in [1.82, 2.24) is 9.97 Å². The summed E-state index contributed by atoms with van der Waals surface area (Å²) in [5.41, 5.74) is 6.24. The highest BCUT2D eigenvalue weighted by molar-refractivity contribution is 6.35. The molecular weight excluding hydrogens is 408 g/mol. The predicted octanol–water partition coefficient (Wildman–Crippen LogP) is 4.54. The summed E-state index contributed by atoms with van der Waals surface area (Å²) in [5.74, 6) is -2.12. The van der Waals surface area contributed by atoms with Crippen molar-refractivity contribution in [3.05, 3.63) is 69.6 Å². The van der Waals surface area contributed by atoms with Crippen LogP contribution in [0.3, 0.4) is 0 Å². The number of hydrogen-bond acceptors (Lipinski definition) is 6. The zero-order valence-corrected chi connectivity index (χ0v) is 16.1. The number of aromatic nitrogens is 2. The van der Waals surface area contributed by atoms with E-state index in [4.69, 9.17) is 38.4 Å². The maximum absolute atomic E-state index is 14.7. The lowest BCUT2D eigenvalue weighted by molar-refractivity contribution is 0.0466. The number of nitrogens with zero attached hydrogens (tertiary/aromatic N) is 2. The van der Waals surface area contributed by atoms with Crippen molar-refractivity contribution in [2.45, 2.75) is 6.61 Å². The average Bonchev–Trinajstić information content (AvgIpc) is 2.69. The Balaban J connectivity index is 1.96. The molecule has 6 nitrogen and oxygen atoms in total. The highest BCUT2D eigenvalue weighted by atomic mass is 35.5. The van der Waals surface area contributed by atoms with Gasteiger partial charge < -0.3 is 15.2 Å². The van der Waals surface area contributed by atoms with Gasteiger partial charge in [-0.25, -0.2) is 19.2 Å². The molecule has 1 aromatic heterocycles. The van der Waals surface area contributed by atoms with Crippen molar-refractivity contribution in [2.24, 2.45) is 0 Å². The summed E-state index contributed by atoms with van der Waals surface area (Å²) in [6, 6.07) is 11.8. The number of anilines is 1. The van der Waals surface area contributed by atoms with E-state index in [1.54, 1.807) is 12.1 Å². The van der Waals surface area contributed by atoms with Gasteiger partial charge in [-0.2, -0.15) is 0 Å². The fourth-order valence-electron chi connectivity index (χ4n) is 2.40. The Morgan fingerprint density at radius 1 is 1.14 bits per heavy atom. The summed E-state index contributed by atoms with van der Waals surface area (Å²) in [5, 5.41) is -0.101. The monoisotopic (exact) mass is 421 g/mol. The van der Waals surface area contributed by atoms with Crippen molar-refractivity contribution >= 4 is 35.0 Å². The molecule has 28 heavy (non-hydrogen) atoms. The van der Waals surface area contributed by atoms with Crippen LogP contribution < -0.4 is 10.5 Å². The first-order chi connectivity index (χ1) is 13.4. The maximum Gasteiger partial charge on any atom is 0.359 e. The summed E-state index contributed by atoms with van der Waals surface area (Å²) in [6.07, 6.45) is 0. The van der Waals surface area contributed by atoms with Crippen molar-refractivity contribution in [1.29, 1.82) is 0 Å². The highest BCUT2D eigenvalue weighted by Crippen LogP contribution is 2.35. The highest BCUT2D eigenvalue weighted by Gasteiger charge is 2.23. The van der Waals surface area contributed by atoms with E-state index in [1.165, 1.54) is 19.2 Å². The molecule has 3 aromatic rings. The number of carbonyl (C=O) groups is 1. The lowest BCUT2D eigenvalue weighted by Crippen LogP contribution is -2.12. The molecule has 0 spiro atoms. The second-order valence-corrected chi connectivity index (χ2v) is 6.38. The zero-order valence-electron chi connectivity index (χ0n) is 14.6. The molecule has 0 aliphatic heterocycles. The number of ether oxygens (including phenoxy) is 2. The maximum atomic E-state index is 14.7. The Hall–Kier alpha value is -2.90. The van der Waals surface area contributed by atoms with Crippen LogP contribution in [0.5, 0.6) is 5.75 Å². The smallest absolute Gasteiger partial charge is 0.359 e. The van der Waals surface area contributed by atoms with E-state index in [1.807, 2.05) is 18.2 Å². The van der Waals surface area contributed by atoms with Gasteiger partial charge in [0.1, 0.15) is 17.4 Å². The number of esters is 1. The lowest BCUT2D eigenvalue weighted by atomic mass is 10.1. The minimum Gasteiger partial charge on any atom is -0.492 e. The van der Waals surface area contributed by atoms with Crippen LogP contribution in [0, 0.1) is 5.82 Å². The topological polar surface area (TPSA) is 87.3 Å². The quantitative estimate of drug-likeness (QED) is 0.608. The van der Waals surface area contributed by atoms with E-state index in [9.17, 15) is 9.18 Å². The summed E-state index contributed by atoms with van der Waals surface area (Å²) >= 11 is 12.0. The lowest BCUT2D eigenvalue weighted by Gasteiger charge is -2.11. The molecule has 0 bridgehead atoms. The fraction of sp³-hybridized carbons (Fsp3) is 0.105. The molecule has 0 atom stereocenters. The van der Waals surface area contributed by atoms with Crippen molar-refractivity contribution in [3.8, 4) is 17.1 Å². The van der Waals surface area contributed by atoms with Crippen LogP contribution in [0.25, 0.3) is 11.4 Å². The second kappa shape index (κ2) is 8.41. The van der Waals surface area contributed by atoms with E-state index in [2.05, 4.69) is 9.97 Å². The Morgan fingerprint density at radius 2 is 1.86 bits per heavy atom.